The van der Waals surface area contributed by atoms with Gasteiger partial charge in [0, 0.05) is 5.02 Å². The van der Waals surface area contributed by atoms with Crippen molar-refractivity contribution in [3.63, 3.8) is 0 Å². The van der Waals surface area contributed by atoms with Gasteiger partial charge in [-0.1, -0.05) is 29.3 Å². The lowest BCUT2D eigenvalue weighted by molar-refractivity contribution is -0.118. The summed E-state index contributed by atoms with van der Waals surface area (Å²) in [5, 5.41) is 2.96. The minimum Gasteiger partial charge on any atom is -0.484 e. The topological polar surface area (TPSA) is 38.3 Å². The Balaban J connectivity index is 1.96. The van der Waals surface area contributed by atoms with Gasteiger partial charge in [-0.3, -0.25) is 4.79 Å². The summed E-state index contributed by atoms with van der Waals surface area (Å²) in [6.45, 7) is 1.59. The molecule has 2 rings (SSSR count). The van der Waals surface area contributed by atoms with Crippen molar-refractivity contribution < 1.29 is 13.9 Å². The summed E-state index contributed by atoms with van der Waals surface area (Å²) in [6, 6.07) is 9.43. The third kappa shape index (κ3) is 4.09. The van der Waals surface area contributed by atoms with E-state index >= 15 is 0 Å². The summed E-state index contributed by atoms with van der Waals surface area (Å²) in [6.07, 6.45) is 0. The maximum Gasteiger partial charge on any atom is 0.262 e. The third-order valence-electron chi connectivity index (χ3n) is 2.73. The van der Waals surface area contributed by atoms with Crippen LogP contribution in [0.15, 0.2) is 36.4 Å². The summed E-state index contributed by atoms with van der Waals surface area (Å²) < 4.78 is 18.9. The minimum atomic E-state index is -0.671. The van der Waals surface area contributed by atoms with Gasteiger partial charge in [-0.05, 0) is 42.8 Å². The van der Waals surface area contributed by atoms with E-state index in [9.17, 15) is 9.18 Å². The number of rotatable bonds is 4. The van der Waals surface area contributed by atoms with Crippen molar-refractivity contribution >= 4 is 34.8 Å². The number of hydrogen-bond acceptors (Lipinski definition) is 2. The van der Waals surface area contributed by atoms with E-state index in [4.69, 9.17) is 27.9 Å². The second-order valence-corrected chi connectivity index (χ2v) is 5.16. The predicted octanol–water partition coefficient (Wildman–Crippen LogP) is 4.46. The quantitative estimate of drug-likeness (QED) is 0.900. The van der Waals surface area contributed by atoms with Crippen LogP contribution in [0.2, 0.25) is 10.0 Å². The second kappa shape index (κ2) is 6.78. The van der Waals surface area contributed by atoms with E-state index < -0.39 is 11.7 Å². The Morgan fingerprint density at radius 3 is 2.71 bits per heavy atom. The minimum absolute atomic E-state index is 0.0170. The lowest BCUT2D eigenvalue weighted by Gasteiger charge is -2.09. The molecule has 0 saturated heterocycles. The van der Waals surface area contributed by atoms with Crippen molar-refractivity contribution in [3.8, 4) is 5.75 Å². The normalized spacial score (nSPS) is 10.3. The number of halogens is 3. The highest BCUT2D eigenvalue weighted by atomic mass is 35.5. The summed E-state index contributed by atoms with van der Waals surface area (Å²) in [4.78, 5) is 11.7. The van der Waals surface area contributed by atoms with E-state index in [1.165, 1.54) is 12.1 Å². The number of ether oxygens (including phenoxy) is 1. The van der Waals surface area contributed by atoms with Gasteiger partial charge in [0.15, 0.2) is 12.4 Å². The molecule has 0 aliphatic carbocycles. The van der Waals surface area contributed by atoms with E-state index in [1.807, 2.05) is 6.92 Å². The van der Waals surface area contributed by atoms with Gasteiger partial charge in [-0.2, -0.15) is 0 Å². The van der Waals surface area contributed by atoms with Crippen LogP contribution in [-0.2, 0) is 4.79 Å². The average Bonchev–Trinajstić information content (AvgIpc) is 2.45. The molecule has 0 spiro atoms. The lowest BCUT2D eigenvalue weighted by atomic mass is 10.2. The number of benzene rings is 2. The number of amides is 1. The van der Waals surface area contributed by atoms with Crippen molar-refractivity contribution in [2.45, 2.75) is 6.92 Å². The first-order valence-corrected chi connectivity index (χ1v) is 6.86. The molecule has 1 N–H and O–H groups in total. The molecule has 2 aromatic carbocycles. The molecular weight excluding hydrogens is 316 g/mol. The first kappa shape index (κ1) is 15.6. The largest absolute Gasteiger partial charge is 0.484 e. The lowest BCUT2D eigenvalue weighted by Crippen LogP contribution is -2.20. The Bertz CT molecular complexity index is 677. The standard InChI is InChI=1S/C15H12Cl2FNO2/c1-9-7-10(5-6-11(9)16)21-8-14(20)19-13-4-2-3-12(17)15(13)18/h2-7H,8H2,1H3,(H,19,20). The molecule has 0 aliphatic rings. The Morgan fingerprint density at radius 2 is 2.00 bits per heavy atom. The highest BCUT2D eigenvalue weighted by Crippen LogP contribution is 2.23. The molecule has 0 unspecified atom stereocenters. The summed E-state index contributed by atoms with van der Waals surface area (Å²) in [7, 11) is 0. The summed E-state index contributed by atoms with van der Waals surface area (Å²) in [5.41, 5.74) is 0.860. The number of carbonyl (C=O) groups excluding carboxylic acids is 1. The van der Waals surface area contributed by atoms with Crippen LogP contribution >= 0.6 is 23.2 Å². The van der Waals surface area contributed by atoms with Crippen LogP contribution < -0.4 is 10.1 Å². The zero-order chi connectivity index (χ0) is 15.4. The Hall–Kier alpha value is -1.78. The van der Waals surface area contributed by atoms with Crippen molar-refractivity contribution in [2.75, 3.05) is 11.9 Å². The third-order valence-corrected chi connectivity index (χ3v) is 3.44. The van der Waals surface area contributed by atoms with Crippen LogP contribution in [-0.4, -0.2) is 12.5 Å². The van der Waals surface area contributed by atoms with Gasteiger partial charge in [-0.15, -0.1) is 0 Å². The molecule has 6 heteroatoms. The van der Waals surface area contributed by atoms with Crippen LogP contribution in [0.3, 0.4) is 0 Å². The predicted molar refractivity (Wildman–Crippen MR) is 81.7 cm³/mol. The SMILES string of the molecule is Cc1cc(OCC(=O)Nc2cccc(Cl)c2F)ccc1Cl. The molecule has 0 fully saturated rings. The molecule has 0 saturated carbocycles. The fourth-order valence-corrected chi connectivity index (χ4v) is 1.93. The van der Waals surface area contributed by atoms with Gasteiger partial charge < -0.3 is 10.1 Å². The highest BCUT2D eigenvalue weighted by molar-refractivity contribution is 6.31. The second-order valence-electron chi connectivity index (χ2n) is 4.35. The van der Waals surface area contributed by atoms with Gasteiger partial charge in [0.1, 0.15) is 5.75 Å². The average molecular weight is 328 g/mol. The molecule has 0 aromatic heterocycles. The molecule has 3 nitrogen and oxygen atoms in total. The zero-order valence-corrected chi connectivity index (χ0v) is 12.6. The number of carbonyl (C=O) groups is 1. The molecular formula is C15H12Cl2FNO2. The fraction of sp³-hybridized carbons (Fsp3) is 0.133. The smallest absolute Gasteiger partial charge is 0.262 e. The molecule has 0 atom stereocenters. The van der Waals surface area contributed by atoms with Crippen LogP contribution in [0.5, 0.6) is 5.75 Å². The first-order valence-electron chi connectivity index (χ1n) is 6.10. The molecule has 0 heterocycles. The molecule has 0 aliphatic heterocycles. The van der Waals surface area contributed by atoms with Gasteiger partial charge in [-0.25, -0.2) is 4.39 Å². The first-order chi connectivity index (χ1) is 9.97. The molecule has 1 amide bonds. The fourth-order valence-electron chi connectivity index (χ4n) is 1.64. The molecule has 0 radical (unpaired) electrons. The van der Waals surface area contributed by atoms with Crippen LogP contribution in [0.1, 0.15) is 5.56 Å². The van der Waals surface area contributed by atoms with Crippen LogP contribution in [0, 0.1) is 12.7 Å². The van der Waals surface area contributed by atoms with Crippen LogP contribution in [0.25, 0.3) is 0 Å². The Morgan fingerprint density at radius 1 is 1.24 bits per heavy atom. The molecule has 0 bridgehead atoms. The van der Waals surface area contributed by atoms with E-state index in [0.717, 1.165) is 5.56 Å². The maximum absolute atomic E-state index is 13.6. The Labute approximate surface area is 131 Å². The van der Waals surface area contributed by atoms with Gasteiger partial charge in [0.2, 0.25) is 0 Å². The monoisotopic (exact) mass is 327 g/mol. The van der Waals surface area contributed by atoms with Gasteiger partial charge >= 0.3 is 0 Å². The molecule has 2 aromatic rings. The van der Waals surface area contributed by atoms with Crippen molar-refractivity contribution in [3.05, 3.63) is 57.8 Å². The Kier molecular flexibility index (Phi) is 5.04. The maximum atomic E-state index is 13.6. The van der Waals surface area contributed by atoms with Crippen LogP contribution in [0.4, 0.5) is 10.1 Å². The number of hydrogen-bond donors (Lipinski definition) is 1. The number of nitrogens with one attached hydrogen (secondary N) is 1. The summed E-state index contributed by atoms with van der Waals surface area (Å²) >= 11 is 11.5. The van der Waals surface area contributed by atoms with E-state index in [0.29, 0.717) is 10.8 Å². The van der Waals surface area contributed by atoms with Crippen molar-refractivity contribution in [1.29, 1.82) is 0 Å². The number of aryl methyl sites for hydroxylation is 1. The molecule has 21 heavy (non-hydrogen) atoms. The molecule has 110 valence electrons. The van der Waals surface area contributed by atoms with Crippen molar-refractivity contribution in [2.24, 2.45) is 0 Å². The zero-order valence-electron chi connectivity index (χ0n) is 11.1. The van der Waals surface area contributed by atoms with Crippen molar-refractivity contribution in [1.82, 2.24) is 0 Å². The summed E-state index contributed by atoms with van der Waals surface area (Å²) in [5.74, 6) is -0.641. The van der Waals surface area contributed by atoms with Gasteiger partial charge in [0.25, 0.3) is 5.91 Å². The van der Waals surface area contributed by atoms with E-state index in [-0.39, 0.29) is 17.3 Å². The van der Waals surface area contributed by atoms with Gasteiger partial charge in [0.05, 0.1) is 10.7 Å². The number of anilines is 1. The van der Waals surface area contributed by atoms with E-state index in [1.54, 1.807) is 24.3 Å². The highest BCUT2D eigenvalue weighted by Gasteiger charge is 2.10. The van der Waals surface area contributed by atoms with E-state index in [2.05, 4.69) is 5.32 Å².